The lowest BCUT2D eigenvalue weighted by atomic mass is 9.92. The predicted octanol–water partition coefficient (Wildman–Crippen LogP) is 2.60. The van der Waals surface area contributed by atoms with Gasteiger partial charge >= 0.3 is 0 Å². The lowest BCUT2D eigenvalue weighted by Crippen LogP contribution is -2.32. The molecule has 1 saturated heterocycles. The summed E-state index contributed by atoms with van der Waals surface area (Å²) in [6.45, 7) is 7.80. The van der Waals surface area contributed by atoms with Crippen molar-refractivity contribution >= 4 is 11.7 Å². The van der Waals surface area contributed by atoms with Gasteiger partial charge in [0.25, 0.3) is 0 Å². The van der Waals surface area contributed by atoms with Crippen molar-refractivity contribution in [1.29, 1.82) is 0 Å². The zero-order valence-corrected chi connectivity index (χ0v) is 11.4. The number of hydrogen-bond acceptors (Lipinski definition) is 2. The van der Waals surface area contributed by atoms with Gasteiger partial charge in [-0.1, -0.05) is 36.4 Å². The minimum atomic E-state index is -0.552. The van der Waals surface area contributed by atoms with Gasteiger partial charge in [-0.15, -0.1) is 6.58 Å². The molecule has 0 aliphatic carbocycles. The summed E-state index contributed by atoms with van der Waals surface area (Å²) in [4.78, 5) is 25.8. The monoisotopic (exact) mass is 257 g/mol. The number of Topliss-reactive ketones (excluding diaryl/α,β-unsaturated/α-hetero) is 1. The van der Waals surface area contributed by atoms with E-state index in [-0.39, 0.29) is 23.7 Å². The van der Waals surface area contributed by atoms with Crippen LogP contribution in [0.15, 0.2) is 43.0 Å². The summed E-state index contributed by atoms with van der Waals surface area (Å²) in [6.07, 6.45) is 1.72. The van der Waals surface area contributed by atoms with Crippen LogP contribution in [0.25, 0.3) is 0 Å². The molecule has 0 aromatic heterocycles. The van der Waals surface area contributed by atoms with Crippen molar-refractivity contribution in [2.75, 3.05) is 6.54 Å². The van der Waals surface area contributed by atoms with E-state index in [4.69, 9.17) is 0 Å². The summed E-state index contributed by atoms with van der Waals surface area (Å²) in [5.41, 5.74) is 1.09. The molecule has 2 rings (SSSR count). The fourth-order valence-corrected chi connectivity index (χ4v) is 2.73. The minimum Gasteiger partial charge on any atom is -0.335 e. The Morgan fingerprint density at radius 1 is 1.42 bits per heavy atom. The van der Waals surface area contributed by atoms with Gasteiger partial charge in [-0.2, -0.15) is 0 Å². The lowest BCUT2D eigenvalue weighted by molar-refractivity contribution is -0.137. The third-order valence-corrected chi connectivity index (χ3v) is 3.88. The number of hydrogen-bond donors (Lipinski definition) is 0. The van der Waals surface area contributed by atoms with Crippen molar-refractivity contribution < 1.29 is 9.59 Å². The van der Waals surface area contributed by atoms with E-state index < -0.39 is 5.92 Å². The summed E-state index contributed by atoms with van der Waals surface area (Å²) < 4.78 is 0. The first-order chi connectivity index (χ1) is 9.06. The molecule has 100 valence electrons. The van der Waals surface area contributed by atoms with Gasteiger partial charge in [-0.05, 0) is 19.4 Å². The van der Waals surface area contributed by atoms with Crippen LogP contribution in [0.2, 0.25) is 0 Å². The van der Waals surface area contributed by atoms with Crippen LogP contribution in [-0.4, -0.2) is 23.1 Å². The molecule has 1 heterocycles. The highest BCUT2D eigenvalue weighted by atomic mass is 16.2. The summed E-state index contributed by atoms with van der Waals surface area (Å²) in [5, 5.41) is 0. The quantitative estimate of drug-likeness (QED) is 0.614. The normalized spacial score (nSPS) is 24.3. The molecular weight excluding hydrogens is 238 g/mol. The van der Waals surface area contributed by atoms with Gasteiger partial charge in [0.2, 0.25) is 5.91 Å². The Labute approximate surface area is 113 Å². The molecule has 1 aromatic carbocycles. The fourth-order valence-electron chi connectivity index (χ4n) is 2.73. The molecule has 3 heteroatoms. The van der Waals surface area contributed by atoms with Crippen LogP contribution in [-0.2, 0) is 9.59 Å². The van der Waals surface area contributed by atoms with Crippen LogP contribution in [0, 0.1) is 11.8 Å². The zero-order valence-electron chi connectivity index (χ0n) is 11.4. The molecular formula is C16H19NO2. The van der Waals surface area contributed by atoms with E-state index in [1.54, 1.807) is 11.0 Å². The van der Waals surface area contributed by atoms with Crippen LogP contribution in [0.5, 0.6) is 0 Å². The van der Waals surface area contributed by atoms with Crippen molar-refractivity contribution in [1.82, 2.24) is 4.90 Å². The first-order valence-electron chi connectivity index (χ1n) is 6.54. The third-order valence-electron chi connectivity index (χ3n) is 3.88. The van der Waals surface area contributed by atoms with Crippen LogP contribution < -0.4 is 0 Å². The van der Waals surface area contributed by atoms with Gasteiger partial charge in [0.05, 0.1) is 6.04 Å². The van der Waals surface area contributed by atoms with Gasteiger partial charge < -0.3 is 4.90 Å². The second kappa shape index (κ2) is 5.39. The minimum absolute atomic E-state index is 0.0134. The SMILES string of the molecule is C=C[C@@H]1CN([C@H](C)c2ccccc2)C(=O)[C@H]1C(C)=O. The van der Waals surface area contributed by atoms with E-state index in [0.29, 0.717) is 6.54 Å². The van der Waals surface area contributed by atoms with Gasteiger partial charge in [0.1, 0.15) is 11.7 Å². The smallest absolute Gasteiger partial charge is 0.234 e. The maximum Gasteiger partial charge on any atom is 0.234 e. The summed E-state index contributed by atoms with van der Waals surface area (Å²) in [7, 11) is 0. The Hall–Kier alpha value is -1.90. The highest BCUT2D eigenvalue weighted by molar-refractivity contribution is 6.02. The zero-order chi connectivity index (χ0) is 14.0. The van der Waals surface area contributed by atoms with Crippen LogP contribution in [0.3, 0.4) is 0 Å². The highest BCUT2D eigenvalue weighted by Crippen LogP contribution is 2.33. The van der Waals surface area contributed by atoms with E-state index in [0.717, 1.165) is 5.56 Å². The number of carbonyl (C=O) groups is 2. The molecule has 3 nitrogen and oxygen atoms in total. The molecule has 1 amide bonds. The number of amides is 1. The van der Waals surface area contributed by atoms with Crippen molar-refractivity contribution in [2.45, 2.75) is 19.9 Å². The Morgan fingerprint density at radius 3 is 2.53 bits per heavy atom. The second-order valence-corrected chi connectivity index (χ2v) is 5.07. The Balaban J connectivity index is 2.25. The maximum atomic E-state index is 12.4. The number of nitrogens with zero attached hydrogens (tertiary/aromatic N) is 1. The average molecular weight is 257 g/mol. The van der Waals surface area contributed by atoms with E-state index in [1.807, 2.05) is 37.3 Å². The van der Waals surface area contributed by atoms with Crippen LogP contribution in [0.4, 0.5) is 0 Å². The van der Waals surface area contributed by atoms with E-state index in [1.165, 1.54) is 6.92 Å². The number of carbonyl (C=O) groups excluding carboxylic acids is 2. The first-order valence-corrected chi connectivity index (χ1v) is 6.54. The lowest BCUT2D eigenvalue weighted by Gasteiger charge is -2.25. The molecule has 0 unspecified atom stereocenters. The van der Waals surface area contributed by atoms with Crippen molar-refractivity contribution in [3.8, 4) is 0 Å². The molecule has 0 N–H and O–H groups in total. The molecule has 0 saturated carbocycles. The van der Waals surface area contributed by atoms with Crippen LogP contribution in [0.1, 0.15) is 25.5 Å². The Bertz CT molecular complexity index is 495. The molecule has 1 aliphatic rings. The molecule has 3 atom stereocenters. The number of likely N-dealkylation sites (tertiary alicyclic amines) is 1. The number of rotatable bonds is 4. The van der Waals surface area contributed by atoms with Gasteiger partial charge in [0, 0.05) is 12.5 Å². The number of ketones is 1. The van der Waals surface area contributed by atoms with Crippen molar-refractivity contribution in [3.05, 3.63) is 48.6 Å². The Kier molecular flexibility index (Phi) is 3.84. The molecule has 1 fully saturated rings. The van der Waals surface area contributed by atoms with E-state index in [9.17, 15) is 9.59 Å². The largest absolute Gasteiger partial charge is 0.335 e. The van der Waals surface area contributed by atoms with Crippen LogP contribution >= 0.6 is 0 Å². The summed E-state index contributed by atoms with van der Waals surface area (Å²) in [6, 6.07) is 9.86. The second-order valence-electron chi connectivity index (χ2n) is 5.07. The molecule has 0 bridgehead atoms. The molecule has 0 radical (unpaired) electrons. The maximum absolute atomic E-state index is 12.4. The standard InChI is InChI=1S/C16H19NO2/c1-4-13-10-17(16(19)15(13)12(3)18)11(2)14-8-6-5-7-9-14/h4-9,11,13,15H,1,10H2,2-3H3/t11-,13-,15+/m1/s1. The first kappa shape index (κ1) is 13.5. The van der Waals surface area contributed by atoms with Gasteiger partial charge in [-0.3, -0.25) is 9.59 Å². The van der Waals surface area contributed by atoms with E-state index in [2.05, 4.69) is 6.58 Å². The predicted molar refractivity (Wildman–Crippen MR) is 74.4 cm³/mol. The number of benzene rings is 1. The summed E-state index contributed by atoms with van der Waals surface area (Å²) in [5.74, 6) is -0.772. The van der Waals surface area contributed by atoms with Gasteiger partial charge in [-0.25, -0.2) is 0 Å². The third kappa shape index (κ3) is 2.46. The molecule has 19 heavy (non-hydrogen) atoms. The van der Waals surface area contributed by atoms with Gasteiger partial charge in [0.15, 0.2) is 0 Å². The van der Waals surface area contributed by atoms with Crippen molar-refractivity contribution in [2.24, 2.45) is 11.8 Å². The fraction of sp³-hybridized carbons (Fsp3) is 0.375. The molecule has 1 aliphatic heterocycles. The topological polar surface area (TPSA) is 37.4 Å². The average Bonchev–Trinajstić information content (AvgIpc) is 2.76. The van der Waals surface area contributed by atoms with E-state index >= 15 is 0 Å². The summed E-state index contributed by atoms with van der Waals surface area (Å²) >= 11 is 0. The van der Waals surface area contributed by atoms with Crippen molar-refractivity contribution in [3.63, 3.8) is 0 Å². The molecule has 0 spiro atoms. The highest BCUT2D eigenvalue weighted by Gasteiger charge is 2.43. The Morgan fingerprint density at radius 2 is 2.05 bits per heavy atom. The molecule has 1 aromatic rings.